The van der Waals surface area contributed by atoms with Crippen LogP contribution in [-0.2, 0) is 15.7 Å². The smallest absolute Gasteiger partial charge is 0.433 e. The zero-order chi connectivity index (χ0) is 16.9. The fraction of sp³-hybridized carbons (Fsp3) is 0.643. The van der Waals surface area contributed by atoms with Gasteiger partial charge >= 0.3 is 12.2 Å². The van der Waals surface area contributed by atoms with Gasteiger partial charge in [-0.25, -0.2) is 4.98 Å². The molecule has 0 saturated carbocycles. The van der Waals surface area contributed by atoms with E-state index < -0.39 is 18.0 Å². The minimum Gasteiger partial charge on any atom is -0.458 e. The van der Waals surface area contributed by atoms with Gasteiger partial charge in [-0.2, -0.15) is 18.2 Å². The molecule has 0 N–H and O–H groups in total. The molecule has 1 aromatic heterocycles. The Morgan fingerprint density at radius 3 is 2.96 bits per heavy atom. The number of rotatable bonds is 5. The zero-order valence-electron chi connectivity index (χ0n) is 12.7. The number of amides is 1. The molecule has 1 aromatic rings. The lowest BCUT2D eigenvalue weighted by molar-refractivity contribution is -0.141. The number of aromatic nitrogens is 2. The average molecular weight is 333 g/mol. The molecule has 1 amide bonds. The van der Waals surface area contributed by atoms with Crippen molar-refractivity contribution in [1.82, 2.24) is 14.9 Å². The highest BCUT2D eigenvalue weighted by molar-refractivity contribution is 5.77. The van der Waals surface area contributed by atoms with Gasteiger partial charge in [0.1, 0.15) is 12.7 Å². The Balaban J connectivity index is 1.96. The second-order valence-electron chi connectivity index (χ2n) is 5.08. The van der Waals surface area contributed by atoms with E-state index in [0.717, 1.165) is 12.3 Å². The van der Waals surface area contributed by atoms with E-state index in [-0.39, 0.29) is 25.1 Å². The summed E-state index contributed by atoms with van der Waals surface area (Å²) in [5, 5.41) is 0. The molecule has 23 heavy (non-hydrogen) atoms. The van der Waals surface area contributed by atoms with Crippen LogP contribution in [0.25, 0.3) is 0 Å². The Kier molecular flexibility index (Phi) is 5.75. The van der Waals surface area contributed by atoms with E-state index in [0.29, 0.717) is 26.0 Å². The van der Waals surface area contributed by atoms with E-state index >= 15 is 0 Å². The van der Waals surface area contributed by atoms with E-state index in [1.807, 2.05) is 0 Å². The summed E-state index contributed by atoms with van der Waals surface area (Å²) in [6.45, 7) is 3.09. The summed E-state index contributed by atoms with van der Waals surface area (Å²) in [6.07, 6.45) is -2.66. The molecule has 9 heteroatoms. The van der Waals surface area contributed by atoms with Gasteiger partial charge in [0.05, 0.1) is 6.54 Å². The van der Waals surface area contributed by atoms with Crippen molar-refractivity contribution in [2.45, 2.75) is 32.0 Å². The SMILES string of the molecule is CCOCC(=O)N1CCCC(Oc2nccc(C(F)(F)F)n2)C1. The Morgan fingerprint density at radius 2 is 2.26 bits per heavy atom. The summed E-state index contributed by atoms with van der Waals surface area (Å²) in [6, 6.07) is 0.454. The van der Waals surface area contributed by atoms with Crippen molar-refractivity contribution in [1.29, 1.82) is 0 Å². The van der Waals surface area contributed by atoms with Gasteiger partial charge in [-0.3, -0.25) is 4.79 Å². The lowest BCUT2D eigenvalue weighted by Gasteiger charge is -2.32. The van der Waals surface area contributed by atoms with Crippen LogP contribution < -0.4 is 4.74 Å². The van der Waals surface area contributed by atoms with Crippen LogP contribution in [-0.4, -0.2) is 53.2 Å². The standard InChI is InChI=1S/C14H18F3N3O3/c1-2-22-9-12(21)20-7-3-4-10(8-20)23-13-18-6-5-11(19-13)14(15,16)17/h5-6,10H,2-4,7-9H2,1H3. The summed E-state index contributed by atoms with van der Waals surface area (Å²) >= 11 is 0. The average Bonchev–Trinajstić information content (AvgIpc) is 2.52. The van der Waals surface area contributed by atoms with Gasteiger partial charge in [-0.15, -0.1) is 0 Å². The summed E-state index contributed by atoms with van der Waals surface area (Å²) in [7, 11) is 0. The summed E-state index contributed by atoms with van der Waals surface area (Å²) in [4.78, 5) is 20.6. The maximum Gasteiger partial charge on any atom is 0.433 e. The topological polar surface area (TPSA) is 64.5 Å². The van der Waals surface area contributed by atoms with Gasteiger partial charge in [-0.1, -0.05) is 0 Å². The first-order valence-corrected chi connectivity index (χ1v) is 7.32. The molecule has 0 bridgehead atoms. The molecule has 0 aliphatic carbocycles. The lowest BCUT2D eigenvalue weighted by Crippen LogP contribution is -2.45. The van der Waals surface area contributed by atoms with Gasteiger partial charge in [0.25, 0.3) is 0 Å². The lowest BCUT2D eigenvalue weighted by atomic mass is 10.1. The molecule has 1 aliphatic heterocycles. The van der Waals surface area contributed by atoms with E-state index in [1.54, 1.807) is 11.8 Å². The molecular formula is C14H18F3N3O3. The van der Waals surface area contributed by atoms with Crippen molar-refractivity contribution in [3.05, 3.63) is 18.0 Å². The first kappa shape index (κ1) is 17.5. The maximum atomic E-state index is 12.6. The predicted octanol–water partition coefficient (Wildman–Crippen LogP) is 1.90. The minimum absolute atomic E-state index is 0.0106. The number of likely N-dealkylation sites (tertiary alicyclic amines) is 1. The molecule has 1 unspecified atom stereocenters. The summed E-state index contributed by atoms with van der Waals surface area (Å²) in [5.41, 5.74) is -1.05. The number of hydrogen-bond acceptors (Lipinski definition) is 5. The van der Waals surface area contributed by atoms with Crippen LogP contribution >= 0.6 is 0 Å². The van der Waals surface area contributed by atoms with Crippen molar-refractivity contribution in [3.8, 4) is 6.01 Å². The molecule has 1 aliphatic rings. The highest BCUT2D eigenvalue weighted by Gasteiger charge is 2.33. The van der Waals surface area contributed by atoms with Crippen LogP contribution in [0.5, 0.6) is 6.01 Å². The molecule has 2 heterocycles. The molecule has 0 aromatic carbocycles. The van der Waals surface area contributed by atoms with Crippen LogP contribution in [0.15, 0.2) is 12.3 Å². The largest absolute Gasteiger partial charge is 0.458 e. The third-order valence-electron chi connectivity index (χ3n) is 3.36. The fourth-order valence-electron chi connectivity index (χ4n) is 2.25. The monoisotopic (exact) mass is 333 g/mol. The number of piperidine rings is 1. The number of nitrogens with zero attached hydrogens (tertiary/aromatic N) is 3. The highest BCUT2D eigenvalue weighted by atomic mass is 19.4. The van der Waals surface area contributed by atoms with Crippen LogP contribution in [0.3, 0.4) is 0 Å². The number of hydrogen-bond donors (Lipinski definition) is 0. The quantitative estimate of drug-likeness (QED) is 0.823. The number of halogens is 3. The summed E-state index contributed by atoms with van der Waals surface area (Å²) < 4.78 is 48.4. The second-order valence-corrected chi connectivity index (χ2v) is 5.08. The number of carbonyl (C=O) groups is 1. The Labute approximate surface area is 131 Å². The van der Waals surface area contributed by atoms with Crippen LogP contribution in [0.4, 0.5) is 13.2 Å². The van der Waals surface area contributed by atoms with Crippen molar-refractivity contribution in [2.24, 2.45) is 0 Å². The number of alkyl halides is 3. The molecule has 1 fully saturated rings. The predicted molar refractivity (Wildman–Crippen MR) is 73.8 cm³/mol. The first-order valence-electron chi connectivity index (χ1n) is 7.32. The molecule has 0 spiro atoms. The van der Waals surface area contributed by atoms with Crippen molar-refractivity contribution < 1.29 is 27.4 Å². The van der Waals surface area contributed by atoms with Gasteiger partial charge in [0.15, 0.2) is 5.69 Å². The number of carbonyl (C=O) groups excluding carboxylic acids is 1. The second kappa shape index (κ2) is 7.58. The summed E-state index contributed by atoms with van der Waals surface area (Å²) in [5.74, 6) is -0.162. The Bertz CT molecular complexity index is 539. The first-order chi connectivity index (χ1) is 10.9. The third kappa shape index (κ3) is 5.05. The van der Waals surface area contributed by atoms with Crippen molar-refractivity contribution in [3.63, 3.8) is 0 Å². The van der Waals surface area contributed by atoms with Gasteiger partial charge in [0, 0.05) is 19.3 Å². The van der Waals surface area contributed by atoms with Crippen molar-refractivity contribution in [2.75, 3.05) is 26.3 Å². The van der Waals surface area contributed by atoms with Crippen LogP contribution in [0.2, 0.25) is 0 Å². The van der Waals surface area contributed by atoms with Gasteiger partial charge < -0.3 is 14.4 Å². The van der Waals surface area contributed by atoms with Crippen LogP contribution in [0, 0.1) is 0 Å². The fourth-order valence-corrected chi connectivity index (χ4v) is 2.25. The van der Waals surface area contributed by atoms with Crippen LogP contribution in [0.1, 0.15) is 25.5 Å². The molecule has 2 rings (SSSR count). The normalized spacial score (nSPS) is 18.8. The van der Waals surface area contributed by atoms with E-state index in [2.05, 4.69) is 9.97 Å². The molecule has 1 saturated heterocycles. The molecule has 1 atom stereocenters. The van der Waals surface area contributed by atoms with E-state index in [4.69, 9.17) is 9.47 Å². The minimum atomic E-state index is -4.55. The maximum absolute atomic E-state index is 12.6. The molecular weight excluding hydrogens is 315 g/mol. The third-order valence-corrected chi connectivity index (χ3v) is 3.36. The highest BCUT2D eigenvalue weighted by Crippen LogP contribution is 2.28. The van der Waals surface area contributed by atoms with E-state index in [1.165, 1.54) is 0 Å². The Hall–Kier alpha value is -1.90. The van der Waals surface area contributed by atoms with E-state index in [9.17, 15) is 18.0 Å². The molecule has 6 nitrogen and oxygen atoms in total. The van der Waals surface area contributed by atoms with Gasteiger partial charge in [0.2, 0.25) is 5.91 Å². The van der Waals surface area contributed by atoms with Crippen molar-refractivity contribution >= 4 is 5.91 Å². The van der Waals surface area contributed by atoms with Gasteiger partial charge in [-0.05, 0) is 25.8 Å². The zero-order valence-corrected chi connectivity index (χ0v) is 12.7. The Morgan fingerprint density at radius 1 is 1.48 bits per heavy atom. The number of ether oxygens (including phenoxy) is 2. The molecule has 0 radical (unpaired) electrons. The molecule has 128 valence electrons.